The SMILES string of the molecule is C#CC(NC(=O)NCC1CCS(=O)(=O)CC1)C(C)C. The van der Waals surface area contributed by atoms with Gasteiger partial charge in [0.2, 0.25) is 0 Å². The van der Waals surface area contributed by atoms with Crippen molar-refractivity contribution in [2.75, 3.05) is 18.1 Å². The summed E-state index contributed by atoms with van der Waals surface area (Å²) in [4.78, 5) is 11.7. The minimum absolute atomic E-state index is 0.176. The Balaban J connectivity index is 2.30. The van der Waals surface area contributed by atoms with Gasteiger partial charge in [-0.3, -0.25) is 0 Å². The number of carbonyl (C=O) groups excluding carboxylic acids is 1. The number of sulfone groups is 1. The van der Waals surface area contributed by atoms with E-state index in [0.29, 0.717) is 19.4 Å². The first-order chi connectivity index (χ1) is 8.84. The van der Waals surface area contributed by atoms with Crippen molar-refractivity contribution in [1.82, 2.24) is 10.6 Å². The largest absolute Gasteiger partial charge is 0.338 e. The molecule has 1 fully saturated rings. The van der Waals surface area contributed by atoms with E-state index in [-0.39, 0.29) is 35.4 Å². The third-order valence-electron chi connectivity index (χ3n) is 3.36. The van der Waals surface area contributed by atoms with Crippen LogP contribution in [0.4, 0.5) is 4.79 Å². The molecule has 0 aromatic rings. The maximum atomic E-state index is 11.7. The molecule has 19 heavy (non-hydrogen) atoms. The van der Waals surface area contributed by atoms with Gasteiger partial charge in [0.25, 0.3) is 0 Å². The highest BCUT2D eigenvalue weighted by molar-refractivity contribution is 7.91. The van der Waals surface area contributed by atoms with Crippen LogP contribution in [0.1, 0.15) is 26.7 Å². The Labute approximate surface area is 115 Å². The second-order valence-electron chi connectivity index (χ2n) is 5.34. The highest BCUT2D eigenvalue weighted by Gasteiger charge is 2.24. The summed E-state index contributed by atoms with van der Waals surface area (Å²) in [5.41, 5.74) is 0. The summed E-state index contributed by atoms with van der Waals surface area (Å²) in [7, 11) is -2.84. The Morgan fingerprint density at radius 2 is 1.95 bits per heavy atom. The fourth-order valence-electron chi connectivity index (χ4n) is 1.97. The molecule has 2 N–H and O–H groups in total. The summed E-state index contributed by atoms with van der Waals surface area (Å²) in [6, 6.07) is -0.572. The molecule has 1 saturated heterocycles. The van der Waals surface area contributed by atoms with Gasteiger partial charge in [0.1, 0.15) is 9.84 Å². The molecule has 6 heteroatoms. The molecule has 0 aromatic heterocycles. The van der Waals surface area contributed by atoms with Crippen molar-refractivity contribution in [3.63, 3.8) is 0 Å². The van der Waals surface area contributed by atoms with Crippen LogP contribution in [-0.4, -0.2) is 38.5 Å². The van der Waals surface area contributed by atoms with Crippen molar-refractivity contribution in [3.05, 3.63) is 0 Å². The molecule has 0 spiro atoms. The van der Waals surface area contributed by atoms with Gasteiger partial charge in [0, 0.05) is 6.54 Å². The van der Waals surface area contributed by atoms with Gasteiger partial charge in [-0.05, 0) is 24.7 Å². The summed E-state index contributed by atoms with van der Waals surface area (Å²) in [6.07, 6.45) is 6.56. The Bertz CT molecular complexity index is 437. The Morgan fingerprint density at radius 3 is 2.42 bits per heavy atom. The lowest BCUT2D eigenvalue weighted by Gasteiger charge is -2.23. The number of urea groups is 1. The fourth-order valence-corrected chi connectivity index (χ4v) is 3.56. The van der Waals surface area contributed by atoms with Crippen molar-refractivity contribution in [3.8, 4) is 12.3 Å². The zero-order valence-electron chi connectivity index (χ0n) is 11.5. The number of carbonyl (C=O) groups is 1. The molecule has 0 bridgehead atoms. The zero-order valence-corrected chi connectivity index (χ0v) is 12.3. The summed E-state index contributed by atoms with van der Waals surface area (Å²) < 4.78 is 22.5. The maximum Gasteiger partial charge on any atom is 0.315 e. The van der Waals surface area contributed by atoms with E-state index in [4.69, 9.17) is 6.42 Å². The van der Waals surface area contributed by atoms with Crippen molar-refractivity contribution >= 4 is 15.9 Å². The van der Waals surface area contributed by atoms with Gasteiger partial charge < -0.3 is 10.6 Å². The second-order valence-corrected chi connectivity index (χ2v) is 7.64. The minimum atomic E-state index is -2.84. The number of amides is 2. The first-order valence-electron chi connectivity index (χ1n) is 6.55. The van der Waals surface area contributed by atoms with E-state index in [2.05, 4.69) is 16.6 Å². The molecule has 1 aliphatic heterocycles. The average Bonchev–Trinajstić information content (AvgIpc) is 2.34. The molecule has 0 aliphatic carbocycles. The quantitative estimate of drug-likeness (QED) is 0.750. The summed E-state index contributed by atoms with van der Waals surface area (Å²) >= 11 is 0. The third-order valence-corrected chi connectivity index (χ3v) is 5.07. The lowest BCUT2D eigenvalue weighted by atomic mass is 10.0. The van der Waals surface area contributed by atoms with Gasteiger partial charge in [-0.1, -0.05) is 19.8 Å². The monoisotopic (exact) mass is 286 g/mol. The van der Waals surface area contributed by atoms with E-state index in [9.17, 15) is 13.2 Å². The molecule has 1 atom stereocenters. The van der Waals surface area contributed by atoms with Crippen LogP contribution in [0.2, 0.25) is 0 Å². The van der Waals surface area contributed by atoms with Crippen molar-refractivity contribution < 1.29 is 13.2 Å². The smallest absolute Gasteiger partial charge is 0.315 e. The van der Waals surface area contributed by atoms with E-state index < -0.39 is 9.84 Å². The van der Waals surface area contributed by atoms with E-state index in [1.165, 1.54) is 0 Å². The highest BCUT2D eigenvalue weighted by atomic mass is 32.2. The number of rotatable bonds is 4. The summed E-state index contributed by atoms with van der Waals surface area (Å²) in [5, 5.41) is 5.48. The fraction of sp³-hybridized carbons (Fsp3) is 0.769. The van der Waals surface area contributed by atoms with Crippen LogP contribution in [0.15, 0.2) is 0 Å². The molecule has 0 radical (unpaired) electrons. The normalized spacial score (nSPS) is 20.5. The number of nitrogens with one attached hydrogen (secondary N) is 2. The topological polar surface area (TPSA) is 75.3 Å². The van der Waals surface area contributed by atoms with Crippen molar-refractivity contribution in [1.29, 1.82) is 0 Å². The van der Waals surface area contributed by atoms with Gasteiger partial charge in [-0.25, -0.2) is 13.2 Å². The first kappa shape index (κ1) is 15.8. The molecule has 2 amide bonds. The van der Waals surface area contributed by atoms with Gasteiger partial charge in [-0.15, -0.1) is 6.42 Å². The lowest BCUT2D eigenvalue weighted by molar-refractivity contribution is 0.234. The predicted molar refractivity (Wildman–Crippen MR) is 75.4 cm³/mol. The lowest BCUT2D eigenvalue weighted by Crippen LogP contribution is -2.45. The van der Waals surface area contributed by atoms with Crippen LogP contribution < -0.4 is 10.6 Å². The Morgan fingerprint density at radius 1 is 1.37 bits per heavy atom. The first-order valence-corrected chi connectivity index (χ1v) is 8.37. The van der Waals surface area contributed by atoms with E-state index in [1.54, 1.807) is 0 Å². The standard InChI is InChI=1S/C13H22N2O3S/c1-4-12(10(2)3)15-13(16)14-9-11-5-7-19(17,18)8-6-11/h1,10-12H,5-9H2,2-3H3,(H2,14,15,16). The van der Waals surface area contributed by atoms with E-state index in [0.717, 1.165) is 0 Å². The molecule has 1 aliphatic rings. The molecular weight excluding hydrogens is 264 g/mol. The molecule has 1 unspecified atom stereocenters. The number of hydrogen-bond acceptors (Lipinski definition) is 3. The molecule has 108 valence electrons. The highest BCUT2D eigenvalue weighted by Crippen LogP contribution is 2.17. The predicted octanol–water partition coefficient (Wildman–Crippen LogP) is 0.768. The minimum Gasteiger partial charge on any atom is -0.338 e. The molecule has 0 aromatic carbocycles. The Hall–Kier alpha value is -1.22. The van der Waals surface area contributed by atoms with Crippen LogP contribution in [0.3, 0.4) is 0 Å². The van der Waals surface area contributed by atoms with E-state index >= 15 is 0 Å². The molecular formula is C13H22N2O3S. The van der Waals surface area contributed by atoms with Gasteiger partial charge in [0.15, 0.2) is 0 Å². The summed E-state index contributed by atoms with van der Waals surface area (Å²) in [6.45, 7) is 4.38. The molecule has 5 nitrogen and oxygen atoms in total. The van der Waals surface area contributed by atoms with Crippen LogP contribution in [-0.2, 0) is 9.84 Å². The maximum absolute atomic E-state index is 11.7. The van der Waals surface area contributed by atoms with Crippen LogP contribution in [0, 0.1) is 24.2 Å². The van der Waals surface area contributed by atoms with Gasteiger partial charge >= 0.3 is 6.03 Å². The zero-order chi connectivity index (χ0) is 14.5. The summed E-state index contributed by atoms with van der Waals surface area (Å²) in [5.74, 6) is 3.38. The molecule has 1 heterocycles. The third kappa shape index (κ3) is 5.52. The van der Waals surface area contributed by atoms with Gasteiger partial charge in [-0.2, -0.15) is 0 Å². The Kier molecular flexibility index (Phi) is 5.67. The van der Waals surface area contributed by atoms with Crippen molar-refractivity contribution in [2.24, 2.45) is 11.8 Å². The molecule has 1 rings (SSSR count). The van der Waals surface area contributed by atoms with E-state index in [1.807, 2.05) is 13.8 Å². The average molecular weight is 286 g/mol. The number of terminal acetylenes is 1. The number of hydrogen-bond donors (Lipinski definition) is 2. The second kappa shape index (κ2) is 6.80. The van der Waals surface area contributed by atoms with Crippen LogP contribution >= 0.6 is 0 Å². The van der Waals surface area contributed by atoms with Crippen LogP contribution in [0.5, 0.6) is 0 Å². The molecule has 0 saturated carbocycles. The van der Waals surface area contributed by atoms with Crippen LogP contribution in [0.25, 0.3) is 0 Å². The van der Waals surface area contributed by atoms with Crippen molar-refractivity contribution in [2.45, 2.75) is 32.7 Å². The van der Waals surface area contributed by atoms with Gasteiger partial charge in [0.05, 0.1) is 17.5 Å².